The molecule has 0 saturated carbocycles. The zero-order valence-corrected chi connectivity index (χ0v) is 14.7. The summed E-state index contributed by atoms with van der Waals surface area (Å²) in [6.07, 6.45) is 1.71. The lowest BCUT2D eigenvalue weighted by Gasteiger charge is -2.37. The van der Waals surface area contributed by atoms with E-state index in [0.717, 1.165) is 45.2 Å². The first kappa shape index (κ1) is 19.5. The number of hydrogen-bond acceptors (Lipinski definition) is 3. The molecule has 2 heterocycles. The van der Waals surface area contributed by atoms with Gasteiger partial charge >= 0.3 is 6.18 Å². The number of carbonyl (C=O) groups excluding carboxylic acids is 1. The SMILES string of the molecule is CCCCN1CCCC[C@H]1C(=O)N1CCCN(CC(F)(F)F)CC1. The van der Waals surface area contributed by atoms with Crippen LogP contribution in [-0.4, -0.2) is 78.6 Å². The van der Waals surface area contributed by atoms with Gasteiger partial charge in [0.1, 0.15) is 0 Å². The smallest absolute Gasteiger partial charge is 0.340 e. The zero-order valence-electron chi connectivity index (χ0n) is 14.7. The van der Waals surface area contributed by atoms with E-state index in [9.17, 15) is 18.0 Å². The lowest BCUT2D eigenvalue weighted by atomic mass is 10.00. The van der Waals surface area contributed by atoms with Crippen molar-refractivity contribution in [1.29, 1.82) is 0 Å². The van der Waals surface area contributed by atoms with Crippen molar-refractivity contribution in [2.75, 3.05) is 45.8 Å². The van der Waals surface area contributed by atoms with E-state index in [1.54, 1.807) is 4.90 Å². The Kier molecular flexibility index (Phi) is 7.34. The van der Waals surface area contributed by atoms with Crippen molar-refractivity contribution < 1.29 is 18.0 Å². The van der Waals surface area contributed by atoms with Crippen LogP contribution in [0, 0.1) is 0 Å². The van der Waals surface area contributed by atoms with Gasteiger partial charge in [0.2, 0.25) is 5.91 Å². The third kappa shape index (κ3) is 5.92. The summed E-state index contributed by atoms with van der Waals surface area (Å²) in [4.78, 5) is 18.4. The Bertz CT molecular complexity index is 403. The second kappa shape index (κ2) is 9.04. The lowest BCUT2D eigenvalue weighted by molar-refractivity contribution is -0.145. The quantitative estimate of drug-likeness (QED) is 0.764. The molecule has 2 aliphatic rings. The Labute approximate surface area is 143 Å². The molecule has 2 aliphatic heterocycles. The Balaban J connectivity index is 1.91. The molecular weight excluding hydrogens is 319 g/mol. The number of carbonyl (C=O) groups is 1. The molecule has 0 N–H and O–H groups in total. The number of hydrogen-bond donors (Lipinski definition) is 0. The van der Waals surface area contributed by atoms with Crippen molar-refractivity contribution in [2.45, 2.75) is 57.7 Å². The first-order valence-electron chi connectivity index (χ1n) is 9.22. The number of rotatable bonds is 5. The standard InChI is InChI=1S/C17H30F3N3O/c1-2-3-9-22-10-5-4-7-15(22)16(24)23-11-6-8-21(12-13-23)14-17(18,19)20/h15H,2-14H2,1H3/t15-/m0/s1. The Morgan fingerprint density at radius 1 is 1.04 bits per heavy atom. The van der Waals surface area contributed by atoms with Crippen LogP contribution in [0.25, 0.3) is 0 Å². The topological polar surface area (TPSA) is 26.8 Å². The van der Waals surface area contributed by atoms with Crippen molar-refractivity contribution in [2.24, 2.45) is 0 Å². The number of halogens is 3. The molecule has 4 nitrogen and oxygen atoms in total. The number of piperidine rings is 1. The molecule has 1 atom stereocenters. The molecule has 0 radical (unpaired) electrons. The lowest BCUT2D eigenvalue weighted by Crippen LogP contribution is -2.52. The molecule has 1 amide bonds. The van der Waals surface area contributed by atoms with E-state index in [2.05, 4.69) is 11.8 Å². The predicted molar refractivity (Wildman–Crippen MR) is 87.8 cm³/mol. The summed E-state index contributed by atoms with van der Waals surface area (Å²) in [6, 6.07) is -0.0699. The average Bonchev–Trinajstić information content (AvgIpc) is 2.76. The van der Waals surface area contributed by atoms with Gasteiger partial charge in [-0.15, -0.1) is 0 Å². The van der Waals surface area contributed by atoms with Crippen LogP contribution in [0.2, 0.25) is 0 Å². The maximum Gasteiger partial charge on any atom is 0.401 e. The van der Waals surface area contributed by atoms with Gasteiger partial charge in [-0.25, -0.2) is 0 Å². The van der Waals surface area contributed by atoms with E-state index in [-0.39, 0.29) is 11.9 Å². The Morgan fingerprint density at radius 2 is 1.83 bits per heavy atom. The summed E-state index contributed by atoms with van der Waals surface area (Å²) in [7, 11) is 0. The molecule has 0 bridgehead atoms. The molecule has 0 aromatic heterocycles. The molecule has 0 unspecified atom stereocenters. The van der Waals surface area contributed by atoms with Gasteiger partial charge in [0.25, 0.3) is 0 Å². The third-order valence-electron chi connectivity index (χ3n) is 5.00. The Hall–Kier alpha value is -0.820. The summed E-state index contributed by atoms with van der Waals surface area (Å²) < 4.78 is 37.7. The molecule has 2 rings (SSSR count). The predicted octanol–water partition coefficient (Wildman–Crippen LogP) is 2.74. The fraction of sp³-hybridized carbons (Fsp3) is 0.941. The summed E-state index contributed by atoms with van der Waals surface area (Å²) in [5.41, 5.74) is 0. The van der Waals surface area contributed by atoms with Crippen LogP contribution in [0.4, 0.5) is 13.2 Å². The van der Waals surface area contributed by atoms with Gasteiger partial charge in [0.05, 0.1) is 12.6 Å². The first-order valence-corrected chi connectivity index (χ1v) is 9.22. The highest BCUT2D eigenvalue weighted by atomic mass is 19.4. The third-order valence-corrected chi connectivity index (χ3v) is 5.00. The molecule has 24 heavy (non-hydrogen) atoms. The molecule has 2 fully saturated rings. The van der Waals surface area contributed by atoms with Crippen molar-refractivity contribution in [3.8, 4) is 0 Å². The minimum Gasteiger partial charge on any atom is -0.340 e. The molecular formula is C17H30F3N3O. The Morgan fingerprint density at radius 3 is 2.54 bits per heavy atom. The van der Waals surface area contributed by atoms with Crippen LogP contribution < -0.4 is 0 Å². The number of likely N-dealkylation sites (tertiary alicyclic amines) is 1. The summed E-state index contributed by atoms with van der Waals surface area (Å²) in [5.74, 6) is 0.125. The summed E-state index contributed by atoms with van der Waals surface area (Å²) in [6.45, 7) is 4.88. The van der Waals surface area contributed by atoms with Crippen LogP contribution in [0.1, 0.15) is 45.4 Å². The van der Waals surface area contributed by atoms with Gasteiger partial charge in [-0.3, -0.25) is 14.6 Å². The molecule has 7 heteroatoms. The number of alkyl halides is 3. The van der Waals surface area contributed by atoms with Crippen LogP contribution in [0.3, 0.4) is 0 Å². The maximum atomic E-state index is 12.9. The molecule has 0 spiro atoms. The average molecular weight is 349 g/mol. The molecule has 0 aliphatic carbocycles. The van der Waals surface area contributed by atoms with Crippen LogP contribution in [-0.2, 0) is 4.79 Å². The summed E-state index contributed by atoms with van der Waals surface area (Å²) >= 11 is 0. The minimum atomic E-state index is -4.17. The first-order chi connectivity index (χ1) is 11.4. The highest BCUT2D eigenvalue weighted by Gasteiger charge is 2.34. The molecule has 0 aromatic carbocycles. The monoisotopic (exact) mass is 349 g/mol. The van der Waals surface area contributed by atoms with Crippen molar-refractivity contribution in [3.63, 3.8) is 0 Å². The van der Waals surface area contributed by atoms with Crippen molar-refractivity contribution in [1.82, 2.24) is 14.7 Å². The van der Waals surface area contributed by atoms with Crippen LogP contribution >= 0.6 is 0 Å². The molecule has 2 saturated heterocycles. The van der Waals surface area contributed by atoms with Gasteiger partial charge in [0, 0.05) is 26.2 Å². The molecule has 140 valence electrons. The largest absolute Gasteiger partial charge is 0.401 e. The second-order valence-corrected chi connectivity index (χ2v) is 6.97. The van der Waals surface area contributed by atoms with Crippen LogP contribution in [0.15, 0.2) is 0 Å². The fourth-order valence-corrected chi connectivity index (χ4v) is 3.71. The number of nitrogens with zero attached hydrogens (tertiary/aromatic N) is 3. The van der Waals surface area contributed by atoms with Gasteiger partial charge in [-0.05, 0) is 38.8 Å². The van der Waals surface area contributed by atoms with Crippen molar-refractivity contribution >= 4 is 5.91 Å². The van der Waals surface area contributed by atoms with E-state index in [0.29, 0.717) is 32.6 Å². The van der Waals surface area contributed by atoms with E-state index >= 15 is 0 Å². The number of amides is 1. The van der Waals surface area contributed by atoms with Crippen LogP contribution in [0.5, 0.6) is 0 Å². The van der Waals surface area contributed by atoms with E-state index in [1.807, 2.05) is 0 Å². The van der Waals surface area contributed by atoms with E-state index < -0.39 is 12.7 Å². The van der Waals surface area contributed by atoms with Crippen molar-refractivity contribution in [3.05, 3.63) is 0 Å². The highest BCUT2D eigenvalue weighted by molar-refractivity contribution is 5.82. The van der Waals surface area contributed by atoms with Gasteiger partial charge in [-0.1, -0.05) is 19.8 Å². The van der Waals surface area contributed by atoms with Gasteiger partial charge in [-0.2, -0.15) is 13.2 Å². The maximum absolute atomic E-state index is 12.9. The second-order valence-electron chi connectivity index (χ2n) is 6.97. The fourth-order valence-electron chi connectivity index (χ4n) is 3.71. The highest BCUT2D eigenvalue weighted by Crippen LogP contribution is 2.21. The summed E-state index contributed by atoms with van der Waals surface area (Å²) in [5, 5.41) is 0. The number of unbranched alkanes of at least 4 members (excludes halogenated alkanes) is 1. The van der Waals surface area contributed by atoms with E-state index in [1.165, 1.54) is 4.90 Å². The minimum absolute atomic E-state index is 0.0699. The zero-order chi connectivity index (χ0) is 17.6. The molecule has 0 aromatic rings. The van der Waals surface area contributed by atoms with E-state index in [4.69, 9.17) is 0 Å². The normalized spacial score (nSPS) is 24.8. The van der Waals surface area contributed by atoms with Gasteiger partial charge < -0.3 is 4.90 Å². The van der Waals surface area contributed by atoms with Gasteiger partial charge in [0.15, 0.2) is 0 Å².